The predicted molar refractivity (Wildman–Crippen MR) is 153 cm³/mol. The predicted octanol–water partition coefficient (Wildman–Crippen LogP) is 8.27. The van der Waals surface area contributed by atoms with Gasteiger partial charge in [0.15, 0.2) is 0 Å². The molecule has 0 fully saturated rings. The molecule has 0 saturated heterocycles. The van der Waals surface area contributed by atoms with Crippen molar-refractivity contribution >= 4 is 29.5 Å². The van der Waals surface area contributed by atoms with Crippen LogP contribution in [0.2, 0.25) is 0 Å². The van der Waals surface area contributed by atoms with Crippen LogP contribution in [0.1, 0.15) is 36.1 Å². The average molecular weight is 601 g/mol. The van der Waals surface area contributed by atoms with Gasteiger partial charge in [-0.15, -0.1) is 11.6 Å². The molecule has 2 atom stereocenters. The summed E-state index contributed by atoms with van der Waals surface area (Å²) in [6.45, 7) is 3.29. The molecule has 0 aliphatic heterocycles. The van der Waals surface area contributed by atoms with Crippen molar-refractivity contribution < 1.29 is 26.7 Å². The Morgan fingerprint density at radius 1 is 1.05 bits per heavy atom. The highest BCUT2D eigenvalue weighted by Crippen LogP contribution is 2.39. The Balaban J connectivity index is 2.37. The van der Waals surface area contributed by atoms with Crippen LogP contribution in [0, 0.1) is 23.0 Å². The van der Waals surface area contributed by atoms with Crippen molar-refractivity contribution in [3.05, 3.63) is 125 Å². The van der Waals surface area contributed by atoms with E-state index in [9.17, 15) is 32.0 Å². The fourth-order valence-corrected chi connectivity index (χ4v) is 4.22. The minimum absolute atomic E-state index is 0.00331. The fraction of sp³-hybridized carbons (Fsp3) is 0.194. The second-order valence-electron chi connectivity index (χ2n) is 9.24. The van der Waals surface area contributed by atoms with Gasteiger partial charge in [0.1, 0.15) is 17.2 Å². The molecule has 3 aromatic rings. The van der Waals surface area contributed by atoms with E-state index in [1.54, 1.807) is 38.1 Å². The molecule has 5 nitrogen and oxygen atoms in total. The largest absolute Gasteiger partial charge is 0.416 e. The Kier molecular flexibility index (Phi) is 10.6. The lowest BCUT2D eigenvalue weighted by molar-refractivity contribution is -0.137. The van der Waals surface area contributed by atoms with Gasteiger partial charge in [-0.25, -0.2) is 13.6 Å². The van der Waals surface area contributed by atoms with Crippen LogP contribution in [0.3, 0.4) is 0 Å². The standard InChI is InChI=1S/C31H26ClF5N4O/c1-3-4-11-28(39-19-20(2)32)30(17-21-7-5-8-22(12-21)18-38,23-13-24(31(35,36)37)15-26(34)14-23)41-29(42)40-27-10-6-9-25(33)16-27/h3-16,19-20H,17H2,1-2H3,(H2,40,41,42)/b4-3+,28-11-,39-19?/t20?,30-/m0/s1. The number of halogens is 6. The van der Waals surface area contributed by atoms with Crippen molar-refractivity contribution in [3.8, 4) is 6.07 Å². The minimum atomic E-state index is -4.92. The van der Waals surface area contributed by atoms with Crippen molar-refractivity contribution in [2.45, 2.75) is 37.4 Å². The molecule has 0 aromatic heterocycles. The number of urea groups is 1. The van der Waals surface area contributed by atoms with Gasteiger partial charge in [-0.3, -0.25) is 4.99 Å². The molecule has 0 radical (unpaired) electrons. The average Bonchev–Trinajstić information content (AvgIpc) is 2.92. The van der Waals surface area contributed by atoms with Crippen LogP contribution in [0.5, 0.6) is 0 Å². The number of carbonyl (C=O) groups is 1. The number of nitriles is 1. The summed E-state index contributed by atoms with van der Waals surface area (Å²) >= 11 is 6.12. The Bertz CT molecular complexity index is 1560. The molecule has 3 rings (SSSR count). The van der Waals surface area contributed by atoms with E-state index in [1.807, 2.05) is 6.07 Å². The van der Waals surface area contributed by atoms with Gasteiger partial charge in [0.25, 0.3) is 0 Å². The summed E-state index contributed by atoms with van der Waals surface area (Å²) in [4.78, 5) is 17.9. The zero-order chi connectivity index (χ0) is 30.9. The summed E-state index contributed by atoms with van der Waals surface area (Å²) in [5.41, 5.74) is -2.82. The molecular formula is C31H26ClF5N4O. The third-order valence-electron chi connectivity index (χ3n) is 5.96. The van der Waals surface area contributed by atoms with Gasteiger partial charge in [0.05, 0.1) is 28.3 Å². The van der Waals surface area contributed by atoms with Crippen LogP contribution >= 0.6 is 11.6 Å². The lowest BCUT2D eigenvalue weighted by Crippen LogP contribution is -2.50. The number of hydrogen-bond acceptors (Lipinski definition) is 3. The molecular weight excluding hydrogens is 575 g/mol. The highest BCUT2D eigenvalue weighted by atomic mass is 35.5. The van der Waals surface area contributed by atoms with Crippen LogP contribution in [-0.2, 0) is 18.1 Å². The van der Waals surface area contributed by atoms with Crippen LogP contribution in [-0.4, -0.2) is 17.6 Å². The summed E-state index contributed by atoms with van der Waals surface area (Å²) in [6.07, 6.45) is 0.742. The van der Waals surface area contributed by atoms with Crippen molar-refractivity contribution in [2.75, 3.05) is 5.32 Å². The van der Waals surface area contributed by atoms with Crippen molar-refractivity contribution in [1.29, 1.82) is 5.26 Å². The number of rotatable bonds is 9. The first kappa shape index (κ1) is 32.0. The number of benzene rings is 3. The summed E-state index contributed by atoms with van der Waals surface area (Å²) in [5.74, 6) is -1.84. The van der Waals surface area contributed by atoms with Gasteiger partial charge in [-0.2, -0.15) is 18.4 Å². The smallest absolute Gasteiger partial charge is 0.322 e. The zero-order valence-corrected chi connectivity index (χ0v) is 23.3. The monoisotopic (exact) mass is 600 g/mol. The van der Waals surface area contributed by atoms with E-state index in [0.29, 0.717) is 11.6 Å². The lowest BCUT2D eigenvalue weighted by Gasteiger charge is -2.37. The molecule has 218 valence electrons. The van der Waals surface area contributed by atoms with Crippen LogP contribution in [0.4, 0.5) is 32.4 Å². The lowest BCUT2D eigenvalue weighted by atomic mass is 9.79. The molecule has 3 aromatic carbocycles. The van der Waals surface area contributed by atoms with Crippen molar-refractivity contribution in [2.24, 2.45) is 4.99 Å². The maximum atomic E-state index is 14.9. The summed E-state index contributed by atoms with van der Waals surface area (Å²) in [6, 6.07) is 14.2. The van der Waals surface area contributed by atoms with Gasteiger partial charge in [0.2, 0.25) is 0 Å². The Labute approximate surface area is 245 Å². The van der Waals surface area contributed by atoms with Gasteiger partial charge < -0.3 is 10.6 Å². The van der Waals surface area contributed by atoms with Crippen molar-refractivity contribution in [1.82, 2.24) is 5.32 Å². The molecule has 0 aliphatic carbocycles. The van der Waals surface area contributed by atoms with Gasteiger partial charge in [-0.05, 0) is 79.6 Å². The van der Waals surface area contributed by atoms with E-state index in [0.717, 1.165) is 18.2 Å². The molecule has 0 saturated carbocycles. The van der Waals surface area contributed by atoms with E-state index in [1.165, 1.54) is 42.6 Å². The van der Waals surface area contributed by atoms with Crippen LogP contribution < -0.4 is 10.6 Å². The molecule has 0 aliphatic rings. The topological polar surface area (TPSA) is 77.3 Å². The number of alkyl halides is 4. The summed E-state index contributed by atoms with van der Waals surface area (Å²) in [5, 5.41) is 14.0. The highest BCUT2D eigenvalue weighted by Gasteiger charge is 2.41. The molecule has 0 heterocycles. The molecule has 42 heavy (non-hydrogen) atoms. The summed E-state index contributed by atoms with van der Waals surface area (Å²) < 4.78 is 70.4. The number of anilines is 1. The third kappa shape index (κ3) is 8.51. The number of nitrogens with one attached hydrogen (secondary N) is 2. The first-order chi connectivity index (χ1) is 19.9. The highest BCUT2D eigenvalue weighted by molar-refractivity contribution is 6.27. The van der Waals surface area contributed by atoms with Crippen LogP contribution in [0.25, 0.3) is 0 Å². The third-order valence-corrected chi connectivity index (χ3v) is 6.07. The first-order valence-corrected chi connectivity index (χ1v) is 13.0. The number of carbonyl (C=O) groups excluding carboxylic acids is 1. The van der Waals surface area contributed by atoms with E-state index < -0.39 is 40.3 Å². The van der Waals surface area contributed by atoms with E-state index in [4.69, 9.17) is 11.6 Å². The molecule has 11 heteroatoms. The number of aliphatic imine (C=N–C) groups is 1. The van der Waals surface area contributed by atoms with E-state index >= 15 is 0 Å². The van der Waals surface area contributed by atoms with Crippen LogP contribution in [0.15, 0.2) is 95.6 Å². The first-order valence-electron chi connectivity index (χ1n) is 12.6. The maximum absolute atomic E-state index is 14.9. The molecule has 0 spiro atoms. The maximum Gasteiger partial charge on any atom is 0.416 e. The SMILES string of the molecule is C/C=C/C=C(\N=CC(C)Cl)[C@@](Cc1cccc(C#N)c1)(NC(=O)Nc1cccc(F)c1)c1cc(F)cc(C(F)(F)F)c1. The van der Waals surface area contributed by atoms with Gasteiger partial charge in [-0.1, -0.05) is 30.4 Å². The fourth-order valence-electron chi connectivity index (χ4n) is 4.17. The number of amides is 2. The van der Waals surface area contributed by atoms with Gasteiger partial charge in [0, 0.05) is 18.3 Å². The summed E-state index contributed by atoms with van der Waals surface area (Å²) in [7, 11) is 0. The van der Waals surface area contributed by atoms with Gasteiger partial charge >= 0.3 is 12.2 Å². The Morgan fingerprint density at radius 2 is 1.76 bits per heavy atom. The molecule has 2 amide bonds. The molecule has 2 N–H and O–H groups in total. The second-order valence-corrected chi connectivity index (χ2v) is 9.93. The Morgan fingerprint density at radius 3 is 2.40 bits per heavy atom. The van der Waals surface area contributed by atoms with E-state index in [2.05, 4.69) is 15.6 Å². The quantitative estimate of drug-likeness (QED) is 0.112. The Hall–Kier alpha value is -4.49. The number of hydrogen-bond donors (Lipinski definition) is 2. The zero-order valence-electron chi connectivity index (χ0n) is 22.5. The molecule has 1 unspecified atom stereocenters. The second kappa shape index (κ2) is 13.9. The number of nitrogens with zero attached hydrogens (tertiary/aromatic N) is 2. The number of allylic oxidation sites excluding steroid dienone is 3. The van der Waals surface area contributed by atoms with Crippen molar-refractivity contribution in [3.63, 3.8) is 0 Å². The molecule has 0 bridgehead atoms. The van der Waals surface area contributed by atoms with E-state index in [-0.39, 0.29) is 28.9 Å². The normalized spacial score (nSPS) is 14.4. The minimum Gasteiger partial charge on any atom is -0.322 e.